The SMILES string of the molecule is NC(=O)C1=CCC=C(Br)C=C1. The minimum Gasteiger partial charge on any atom is -0.366 e. The van der Waals surface area contributed by atoms with Crippen molar-refractivity contribution >= 4 is 21.8 Å². The van der Waals surface area contributed by atoms with Crippen molar-refractivity contribution in [3.8, 4) is 0 Å². The van der Waals surface area contributed by atoms with Crippen LogP contribution in [0.1, 0.15) is 6.42 Å². The summed E-state index contributed by atoms with van der Waals surface area (Å²) in [5, 5.41) is 0. The van der Waals surface area contributed by atoms with Gasteiger partial charge < -0.3 is 5.73 Å². The van der Waals surface area contributed by atoms with E-state index in [1.54, 1.807) is 12.2 Å². The molecule has 0 bridgehead atoms. The number of hydrogen-bond donors (Lipinski definition) is 1. The lowest BCUT2D eigenvalue weighted by molar-refractivity contribution is -0.114. The van der Waals surface area contributed by atoms with Crippen molar-refractivity contribution in [2.45, 2.75) is 6.42 Å². The number of primary amides is 1. The van der Waals surface area contributed by atoms with Crippen molar-refractivity contribution in [1.82, 2.24) is 0 Å². The summed E-state index contributed by atoms with van der Waals surface area (Å²) in [5.41, 5.74) is 5.65. The number of allylic oxidation sites excluding steroid dienone is 4. The maximum Gasteiger partial charge on any atom is 0.248 e. The molecule has 1 amide bonds. The zero-order valence-corrected chi connectivity index (χ0v) is 7.47. The normalized spacial score (nSPS) is 16.8. The van der Waals surface area contributed by atoms with E-state index in [-0.39, 0.29) is 5.91 Å². The van der Waals surface area contributed by atoms with Crippen molar-refractivity contribution in [3.63, 3.8) is 0 Å². The summed E-state index contributed by atoms with van der Waals surface area (Å²) in [6, 6.07) is 0. The Morgan fingerprint density at radius 3 is 2.82 bits per heavy atom. The van der Waals surface area contributed by atoms with Crippen molar-refractivity contribution < 1.29 is 4.79 Å². The molecule has 0 aromatic heterocycles. The molecule has 0 fully saturated rings. The highest BCUT2D eigenvalue weighted by atomic mass is 79.9. The molecule has 2 nitrogen and oxygen atoms in total. The summed E-state index contributed by atoms with van der Waals surface area (Å²) >= 11 is 3.30. The first-order valence-electron chi connectivity index (χ1n) is 3.24. The average Bonchev–Trinajstić information content (AvgIpc) is 2.13. The lowest BCUT2D eigenvalue weighted by atomic mass is 10.2. The standard InChI is InChI=1S/C8H8BrNO/c9-7-3-1-2-6(4-5-7)8(10)11/h2-5H,1H2,(H2,10,11). The lowest BCUT2D eigenvalue weighted by Crippen LogP contribution is -2.12. The number of carbonyl (C=O) groups is 1. The molecular formula is C8H8BrNO. The molecule has 0 aromatic carbocycles. The highest BCUT2D eigenvalue weighted by Gasteiger charge is 2.01. The molecule has 0 saturated heterocycles. The Bertz CT molecular complexity index is 263. The second-order valence-electron chi connectivity index (χ2n) is 2.18. The summed E-state index contributed by atoms with van der Waals surface area (Å²) in [4.78, 5) is 10.7. The van der Waals surface area contributed by atoms with Crippen LogP contribution < -0.4 is 5.73 Å². The fourth-order valence-electron chi connectivity index (χ4n) is 0.787. The molecule has 1 aliphatic carbocycles. The summed E-state index contributed by atoms with van der Waals surface area (Å²) in [7, 11) is 0. The van der Waals surface area contributed by atoms with Crippen LogP contribution in [0.5, 0.6) is 0 Å². The van der Waals surface area contributed by atoms with E-state index in [2.05, 4.69) is 15.9 Å². The molecule has 0 radical (unpaired) electrons. The van der Waals surface area contributed by atoms with Crippen LogP contribution in [0.3, 0.4) is 0 Å². The molecule has 3 heteroatoms. The van der Waals surface area contributed by atoms with Crippen molar-refractivity contribution in [3.05, 3.63) is 34.4 Å². The molecule has 58 valence electrons. The van der Waals surface area contributed by atoms with Gasteiger partial charge in [-0.05, 0) is 18.6 Å². The van der Waals surface area contributed by atoms with Gasteiger partial charge in [0.25, 0.3) is 0 Å². The second-order valence-corrected chi connectivity index (χ2v) is 3.10. The van der Waals surface area contributed by atoms with Crippen LogP contribution in [-0.4, -0.2) is 5.91 Å². The Morgan fingerprint density at radius 1 is 1.45 bits per heavy atom. The Kier molecular flexibility index (Phi) is 2.65. The van der Waals surface area contributed by atoms with Gasteiger partial charge in [0.1, 0.15) is 0 Å². The second kappa shape index (κ2) is 3.53. The largest absolute Gasteiger partial charge is 0.366 e. The van der Waals surface area contributed by atoms with E-state index in [0.717, 1.165) is 10.9 Å². The zero-order chi connectivity index (χ0) is 8.27. The van der Waals surface area contributed by atoms with Gasteiger partial charge in [0, 0.05) is 10.1 Å². The molecule has 0 spiro atoms. The van der Waals surface area contributed by atoms with Crippen LogP contribution in [0, 0.1) is 0 Å². The first-order valence-corrected chi connectivity index (χ1v) is 4.03. The zero-order valence-electron chi connectivity index (χ0n) is 5.88. The van der Waals surface area contributed by atoms with E-state index in [0.29, 0.717) is 5.57 Å². The number of amides is 1. The van der Waals surface area contributed by atoms with E-state index in [9.17, 15) is 4.79 Å². The molecule has 11 heavy (non-hydrogen) atoms. The van der Waals surface area contributed by atoms with Crippen LogP contribution in [-0.2, 0) is 4.79 Å². The number of carbonyl (C=O) groups excluding carboxylic acids is 1. The smallest absolute Gasteiger partial charge is 0.248 e. The third-order valence-corrected chi connectivity index (χ3v) is 1.95. The molecule has 0 atom stereocenters. The van der Waals surface area contributed by atoms with Gasteiger partial charge in [0.05, 0.1) is 0 Å². The molecule has 2 N–H and O–H groups in total. The van der Waals surface area contributed by atoms with E-state index < -0.39 is 0 Å². The van der Waals surface area contributed by atoms with Crippen LogP contribution in [0.25, 0.3) is 0 Å². The molecule has 0 unspecified atom stereocenters. The first kappa shape index (κ1) is 8.27. The Hall–Kier alpha value is -0.830. The van der Waals surface area contributed by atoms with Crippen molar-refractivity contribution in [2.75, 3.05) is 0 Å². The minimum atomic E-state index is -0.378. The minimum absolute atomic E-state index is 0.378. The van der Waals surface area contributed by atoms with Gasteiger partial charge in [-0.1, -0.05) is 28.1 Å². The van der Waals surface area contributed by atoms with Crippen LogP contribution in [0.2, 0.25) is 0 Å². The molecule has 1 rings (SSSR count). The Labute approximate surface area is 73.6 Å². The number of rotatable bonds is 1. The highest BCUT2D eigenvalue weighted by molar-refractivity contribution is 9.11. The number of nitrogens with two attached hydrogens (primary N) is 1. The molecule has 0 saturated carbocycles. The van der Waals surface area contributed by atoms with E-state index >= 15 is 0 Å². The summed E-state index contributed by atoms with van der Waals surface area (Å²) in [6.45, 7) is 0. The average molecular weight is 214 g/mol. The maximum absolute atomic E-state index is 10.7. The maximum atomic E-state index is 10.7. The molecule has 1 aliphatic rings. The molecule has 0 aromatic rings. The van der Waals surface area contributed by atoms with Crippen molar-refractivity contribution in [2.24, 2.45) is 5.73 Å². The predicted molar refractivity (Wildman–Crippen MR) is 48.0 cm³/mol. The van der Waals surface area contributed by atoms with E-state index in [1.807, 2.05) is 12.2 Å². The third-order valence-electron chi connectivity index (χ3n) is 1.36. The molecule has 0 aliphatic heterocycles. The van der Waals surface area contributed by atoms with Crippen LogP contribution in [0.15, 0.2) is 34.4 Å². The van der Waals surface area contributed by atoms with Gasteiger partial charge in [-0.3, -0.25) is 4.79 Å². The quantitative estimate of drug-likeness (QED) is 0.708. The van der Waals surface area contributed by atoms with E-state index in [1.165, 1.54) is 0 Å². The van der Waals surface area contributed by atoms with Crippen LogP contribution >= 0.6 is 15.9 Å². The Balaban J connectivity index is 2.82. The third kappa shape index (κ3) is 2.35. The summed E-state index contributed by atoms with van der Waals surface area (Å²) < 4.78 is 0.977. The van der Waals surface area contributed by atoms with Gasteiger partial charge in [-0.2, -0.15) is 0 Å². The van der Waals surface area contributed by atoms with Gasteiger partial charge >= 0.3 is 0 Å². The monoisotopic (exact) mass is 213 g/mol. The first-order chi connectivity index (χ1) is 5.20. The van der Waals surface area contributed by atoms with Gasteiger partial charge in [-0.25, -0.2) is 0 Å². The predicted octanol–water partition coefficient (Wildman–Crippen LogP) is 1.64. The molecular weight excluding hydrogens is 206 g/mol. The van der Waals surface area contributed by atoms with Gasteiger partial charge in [0.15, 0.2) is 0 Å². The highest BCUT2D eigenvalue weighted by Crippen LogP contribution is 2.14. The number of hydrogen-bond acceptors (Lipinski definition) is 1. The molecule has 0 heterocycles. The van der Waals surface area contributed by atoms with Gasteiger partial charge in [-0.15, -0.1) is 0 Å². The van der Waals surface area contributed by atoms with Crippen molar-refractivity contribution in [1.29, 1.82) is 0 Å². The fraction of sp³-hybridized carbons (Fsp3) is 0.125. The van der Waals surface area contributed by atoms with Gasteiger partial charge in [0.2, 0.25) is 5.91 Å². The lowest BCUT2D eigenvalue weighted by Gasteiger charge is -1.90. The number of halogens is 1. The van der Waals surface area contributed by atoms with E-state index in [4.69, 9.17) is 5.73 Å². The summed E-state index contributed by atoms with van der Waals surface area (Å²) in [5.74, 6) is -0.378. The fourth-order valence-corrected chi connectivity index (χ4v) is 1.11. The summed E-state index contributed by atoms with van der Waals surface area (Å²) in [6.07, 6.45) is 8.02. The van der Waals surface area contributed by atoms with Crippen LogP contribution in [0.4, 0.5) is 0 Å². The Morgan fingerprint density at radius 2 is 2.18 bits per heavy atom. The topological polar surface area (TPSA) is 43.1 Å².